The van der Waals surface area contributed by atoms with Gasteiger partial charge in [0, 0.05) is 0 Å². The van der Waals surface area contributed by atoms with Crippen molar-refractivity contribution in [1.29, 1.82) is 0 Å². The van der Waals surface area contributed by atoms with Gasteiger partial charge in [-0.1, -0.05) is 0 Å². The van der Waals surface area contributed by atoms with Gasteiger partial charge in [0.05, 0.1) is 0 Å². The van der Waals surface area contributed by atoms with E-state index in [4.69, 9.17) is 11.6 Å². The summed E-state index contributed by atoms with van der Waals surface area (Å²) in [7, 11) is 0. The molecule has 0 aliphatic rings. The molecule has 1 rings (SSSR count). The molecule has 0 N–H and O–H groups in total. The zero-order valence-electron chi connectivity index (χ0n) is 5.18. The van der Waals surface area contributed by atoms with Gasteiger partial charge in [0.25, 0.3) is 0 Å². The number of hydrogen-bond acceptors (Lipinski definition) is 0. The Kier molecular flexibility index (Phi) is 3.79. The Morgan fingerprint density at radius 2 is 2.10 bits per heavy atom. The number of hydrogen-bond donors (Lipinski definition) is 0. The molecule has 0 aliphatic heterocycles. The minimum absolute atomic E-state index is 0.387. The average molecular weight is 284 g/mol. The molecule has 10 heavy (non-hydrogen) atoms. The summed E-state index contributed by atoms with van der Waals surface area (Å²) in [5, 5.41) is 0. The molecule has 0 fully saturated rings. The Bertz CT molecular complexity index is 192. The molecule has 1 aromatic carbocycles. The topological polar surface area (TPSA) is 0 Å². The molecule has 0 heterocycles. The summed E-state index contributed by atoms with van der Waals surface area (Å²) in [6.45, 7) is 0. The maximum absolute atomic E-state index is 5.70. The van der Waals surface area contributed by atoms with Crippen LogP contribution < -0.4 is 4.46 Å². The Labute approximate surface area is 78.8 Å². The van der Waals surface area contributed by atoms with Gasteiger partial charge in [-0.3, -0.25) is 0 Å². The maximum atomic E-state index is 5.70. The Balaban J connectivity index is 2.96. The van der Waals surface area contributed by atoms with Gasteiger partial charge < -0.3 is 0 Å². The number of benzene rings is 1. The fourth-order valence-electron chi connectivity index (χ4n) is 0.689. The van der Waals surface area contributed by atoms with Crippen molar-refractivity contribution in [2.24, 2.45) is 0 Å². The SMILES string of the molecule is ClCc1ccccc1[Se]Br. The van der Waals surface area contributed by atoms with Crippen LogP contribution >= 0.6 is 25.7 Å². The third-order valence-corrected chi connectivity index (χ3v) is 4.48. The van der Waals surface area contributed by atoms with E-state index in [2.05, 4.69) is 26.2 Å². The molecule has 0 amide bonds. The molecule has 1 aromatic rings. The van der Waals surface area contributed by atoms with Gasteiger partial charge in [0.1, 0.15) is 0 Å². The predicted octanol–water partition coefficient (Wildman–Crippen LogP) is 2.06. The third kappa shape index (κ3) is 1.99. The molecule has 0 unspecified atom stereocenters. The molecule has 0 saturated heterocycles. The number of halogens is 2. The molecule has 54 valence electrons. The zero-order valence-corrected chi connectivity index (χ0v) is 9.24. The van der Waals surface area contributed by atoms with Gasteiger partial charge in [0.2, 0.25) is 0 Å². The third-order valence-electron chi connectivity index (χ3n) is 1.20. The quantitative estimate of drug-likeness (QED) is 0.576. The molecular formula is C7H6BrClSe. The van der Waals surface area contributed by atoms with Crippen molar-refractivity contribution >= 4 is 43.3 Å². The summed E-state index contributed by atoms with van der Waals surface area (Å²) in [5.41, 5.74) is 1.24. The van der Waals surface area contributed by atoms with E-state index in [0.29, 0.717) is 19.0 Å². The summed E-state index contributed by atoms with van der Waals surface area (Å²) >= 11 is 9.54. The predicted molar refractivity (Wildman–Crippen MR) is 50.3 cm³/mol. The van der Waals surface area contributed by atoms with Crippen molar-refractivity contribution in [1.82, 2.24) is 0 Å². The average Bonchev–Trinajstić information content (AvgIpc) is 2.04. The summed E-state index contributed by atoms with van der Waals surface area (Å²) in [4.78, 5) is 0. The van der Waals surface area contributed by atoms with Gasteiger partial charge in [-0.05, 0) is 0 Å². The Morgan fingerprint density at radius 3 is 2.60 bits per heavy atom. The molecule has 0 aromatic heterocycles. The van der Waals surface area contributed by atoms with Gasteiger partial charge in [-0.2, -0.15) is 0 Å². The first-order valence-corrected chi connectivity index (χ1v) is 8.21. The van der Waals surface area contributed by atoms with Crippen LogP contribution in [0.2, 0.25) is 0 Å². The van der Waals surface area contributed by atoms with Crippen molar-refractivity contribution in [2.45, 2.75) is 5.88 Å². The van der Waals surface area contributed by atoms with Crippen LogP contribution in [0.15, 0.2) is 24.3 Å². The first kappa shape index (κ1) is 8.60. The van der Waals surface area contributed by atoms with Crippen LogP contribution in [0.4, 0.5) is 0 Å². The van der Waals surface area contributed by atoms with Crippen molar-refractivity contribution in [2.75, 3.05) is 0 Å². The molecule has 0 nitrogen and oxygen atoms in total. The Hall–Kier alpha value is 0.509. The van der Waals surface area contributed by atoms with Crippen molar-refractivity contribution in [3.8, 4) is 0 Å². The molecule has 0 aliphatic carbocycles. The Morgan fingerprint density at radius 1 is 1.40 bits per heavy atom. The van der Waals surface area contributed by atoms with E-state index in [1.165, 1.54) is 10.0 Å². The summed E-state index contributed by atoms with van der Waals surface area (Å²) < 4.78 is 1.34. The van der Waals surface area contributed by atoms with Crippen LogP contribution in [-0.2, 0) is 5.88 Å². The molecule has 0 spiro atoms. The summed E-state index contributed by atoms with van der Waals surface area (Å²) in [6.07, 6.45) is 0. The standard InChI is InChI=1S/C7H6BrClSe/c8-10-7-4-2-1-3-6(7)5-9/h1-4H,5H2. The van der Waals surface area contributed by atoms with E-state index in [1.807, 2.05) is 12.1 Å². The second-order valence-electron chi connectivity index (χ2n) is 1.82. The van der Waals surface area contributed by atoms with Crippen LogP contribution in [0, 0.1) is 0 Å². The first-order valence-electron chi connectivity index (χ1n) is 2.81. The minimum atomic E-state index is 0.387. The van der Waals surface area contributed by atoms with Crippen molar-refractivity contribution < 1.29 is 0 Å². The molecule has 0 bridgehead atoms. The fraction of sp³-hybridized carbons (Fsp3) is 0.143. The second kappa shape index (κ2) is 4.40. The molecule has 3 heteroatoms. The van der Waals surface area contributed by atoms with Crippen molar-refractivity contribution in [3.05, 3.63) is 29.8 Å². The van der Waals surface area contributed by atoms with Gasteiger partial charge in [-0.25, -0.2) is 0 Å². The van der Waals surface area contributed by atoms with E-state index < -0.39 is 0 Å². The van der Waals surface area contributed by atoms with E-state index in [1.54, 1.807) is 0 Å². The van der Waals surface area contributed by atoms with Crippen LogP contribution in [0.1, 0.15) is 5.56 Å². The van der Waals surface area contributed by atoms with Crippen LogP contribution in [0.5, 0.6) is 0 Å². The van der Waals surface area contributed by atoms with Crippen molar-refractivity contribution in [3.63, 3.8) is 0 Å². The first-order chi connectivity index (χ1) is 4.88. The number of rotatable bonds is 2. The van der Waals surface area contributed by atoms with Gasteiger partial charge in [-0.15, -0.1) is 0 Å². The number of alkyl halides is 1. The fourth-order valence-corrected chi connectivity index (χ4v) is 3.52. The van der Waals surface area contributed by atoms with Gasteiger partial charge in [0.15, 0.2) is 0 Å². The van der Waals surface area contributed by atoms with E-state index in [0.717, 1.165) is 0 Å². The summed E-state index contributed by atoms with van der Waals surface area (Å²) in [5.74, 6) is 0.615. The van der Waals surface area contributed by atoms with Crippen LogP contribution in [0.25, 0.3) is 0 Å². The molecular weight excluding hydrogens is 278 g/mol. The van der Waals surface area contributed by atoms with E-state index in [-0.39, 0.29) is 0 Å². The van der Waals surface area contributed by atoms with Crippen LogP contribution in [0.3, 0.4) is 0 Å². The van der Waals surface area contributed by atoms with Crippen LogP contribution in [-0.4, -0.2) is 13.1 Å². The summed E-state index contributed by atoms with van der Waals surface area (Å²) in [6, 6.07) is 8.21. The monoisotopic (exact) mass is 284 g/mol. The van der Waals surface area contributed by atoms with Gasteiger partial charge >= 0.3 is 79.0 Å². The molecule has 0 saturated carbocycles. The zero-order chi connectivity index (χ0) is 7.40. The molecule has 0 atom stereocenters. The normalized spacial score (nSPS) is 9.80. The van der Waals surface area contributed by atoms with E-state index in [9.17, 15) is 0 Å². The van der Waals surface area contributed by atoms with E-state index >= 15 is 0 Å². The second-order valence-corrected chi connectivity index (χ2v) is 5.01. The molecule has 0 radical (unpaired) electrons.